The van der Waals surface area contributed by atoms with Crippen LogP contribution in [0.1, 0.15) is 31.3 Å². The van der Waals surface area contributed by atoms with Gasteiger partial charge in [0.15, 0.2) is 11.5 Å². The lowest BCUT2D eigenvalue weighted by atomic mass is 10.2. The molecule has 3 aromatic rings. The van der Waals surface area contributed by atoms with Crippen molar-refractivity contribution >= 4 is 11.6 Å². The number of hydrogen-bond acceptors (Lipinski definition) is 6. The van der Waals surface area contributed by atoms with Crippen LogP contribution in [-0.2, 0) is 0 Å². The zero-order valence-corrected chi connectivity index (χ0v) is 11.6. The van der Waals surface area contributed by atoms with Crippen molar-refractivity contribution in [3.05, 3.63) is 30.1 Å². The minimum atomic E-state index is 0.245. The predicted molar refractivity (Wildman–Crippen MR) is 75.0 cm³/mol. The van der Waals surface area contributed by atoms with Crippen molar-refractivity contribution in [1.82, 2.24) is 29.5 Å². The number of nitrogen functional groups attached to an aromatic ring is 1. The third-order valence-electron chi connectivity index (χ3n) is 2.99. The number of aryl methyl sites for hydroxylation is 1. The number of fused-ring (bicyclic) bond motifs is 1. The van der Waals surface area contributed by atoms with Crippen LogP contribution in [0.4, 0.5) is 5.95 Å². The summed E-state index contributed by atoms with van der Waals surface area (Å²) < 4.78 is 1.75. The zero-order valence-electron chi connectivity index (χ0n) is 11.6. The highest BCUT2D eigenvalue weighted by Gasteiger charge is 2.12. The number of hydrogen-bond donors (Lipinski definition) is 1. The molecule has 3 rings (SSSR count). The Morgan fingerprint density at radius 3 is 2.50 bits per heavy atom. The van der Waals surface area contributed by atoms with E-state index in [1.807, 2.05) is 13.1 Å². The largest absolute Gasteiger partial charge is 0.368 e. The van der Waals surface area contributed by atoms with E-state index in [2.05, 4.69) is 38.9 Å². The zero-order chi connectivity index (χ0) is 14.3. The maximum atomic E-state index is 5.49. The molecule has 0 unspecified atom stereocenters. The van der Waals surface area contributed by atoms with Gasteiger partial charge in [-0.3, -0.25) is 0 Å². The molecule has 0 aliphatic carbocycles. The Labute approximate surface area is 115 Å². The summed E-state index contributed by atoms with van der Waals surface area (Å²) >= 11 is 0. The molecule has 0 aliphatic rings. The van der Waals surface area contributed by atoms with Crippen molar-refractivity contribution in [2.24, 2.45) is 0 Å². The summed E-state index contributed by atoms with van der Waals surface area (Å²) in [6.45, 7) is 6.04. The van der Waals surface area contributed by atoms with E-state index in [1.165, 1.54) is 0 Å². The first-order chi connectivity index (χ1) is 9.54. The van der Waals surface area contributed by atoms with Crippen LogP contribution in [-0.4, -0.2) is 29.5 Å². The van der Waals surface area contributed by atoms with Crippen LogP contribution in [0.3, 0.4) is 0 Å². The Kier molecular flexibility index (Phi) is 2.81. The standard InChI is InChI=1S/C13H15N7/c1-7(2)11-18-12-8(3)17-10(6-20(12)19-11)9-4-15-13(14)16-5-9/h4-7H,1-3H3,(H2,14,15,16). The van der Waals surface area contributed by atoms with E-state index in [0.717, 1.165) is 28.4 Å². The van der Waals surface area contributed by atoms with E-state index in [9.17, 15) is 0 Å². The molecule has 0 saturated carbocycles. The van der Waals surface area contributed by atoms with Crippen molar-refractivity contribution in [2.45, 2.75) is 26.7 Å². The van der Waals surface area contributed by atoms with Crippen LogP contribution < -0.4 is 5.73 Å². The van der Waals surface area contributed by atoms with Crippen molar-refractivity contribution < 1.29 is 0 Å². The molecule has 0 bridgehead atoms. The summed E-state index contributed by atoms with van der Waals surface area (Å²) in [6.07, 6.45) is 5.13. The van der Waals surface area contributed by atoms with Gasteiger partial charge < -0.3 is 5.73 Å². The normalized spacial score (nSPS) is 11.4. The second kappa shape index (κ2) is 4.52. The van der Waals surface area contributed by atoms with Crippen molar-refractivity contribution in [3.63, 3.8) is 0 Å². The van der Waals surface area contributed by atoms with Crippen LogP contribution in [0.5, 0.6) is 0 Å². The average Bonchev–Trinajstić information content (AvgIpc) is 2.84. The smallest absolute Gasteiger partial charge is 0.219 e. The molecule has 2 N–H and O–H groups in total. The monoisotopic (exact) mass is 269 g/mol. The highest BCUT2D eigenvalue weighted by atomic mass is 15.3. The Bertz CT molecular complexity index is 758. The minimum Gasteiger partial charge on any atom is -0.368 e. The SMILES string of the molecule is Cc1nc(-c2cnc(N)nc2)cn2nc(C(C)C)nc12. The lowest BCUT2D eigenvalue weighted by molar-refractivity contribution is 0.765. The predicted octanol–water partition coefficient (Wildman–Crippen LogP) is 1.60. The van der Waals surface area contributed by atoms with Crippen LogP contribution in [0.15, 0.2) is 18.6 Å². The Morgan fingerprint density at radius 1 is 1.15 bits per heavy atom. The molecule has 20 heavy (non-hydrogen) atoms. The quantitative estimate of drug-likeness (QED) is 0.759. The van der Waals surface area contributed by atoms with Gasteiger partial charge in [-0.25, -0.2) is 24.5 Å². The topological polar surface area (TPSA) is 94.9 Å². The Hall–Kier alpha value is -2.57. The van der Waals surface area contributed by atoms with Gasteiger partial charge in [-0.2, -0.15) is 5.10 Å². The van der Waals surface area contributed by atoms with Crippen LogP contribution in [0.2, 0.25) is 0 Å². The van der Waals surface area contributed by atoms with Gasteiger partial charge in [0, 0.05) is 23.9 Å². The molecular weight excluding hydrogens is 254 g/mol. The molecule has 0 radical (unpaired) electrons. The number of nitrogens with zero attached hydrogens (tertiary/aromatic N) is 6. The molecule has 0 aromatic carbocycles. The summed E-state index contributed by atoms with van der Waals surface area (Å²) in [5.41, 5.74) is 8.62. The lowest BCUT2D eigenvalue weighted by Crippen LogP contribution is -1.99. The highest BCUT2D eigenvalue weighted by molar-refractivity contribution is 5.59. The third kappa shape index (κ3) is 2.07. The molecular formula is C13H15N7. The molecule has 7 heteroatoms. The number of rotatable bonds is 2. The first kappa shape index (κ1) is 12.5. The molecule has 0 spiro atoms. The van der Waals surface area contributed by atoms with Gasteiger partial charge in [-0.1, -0.05) is 13.8 Å². The molecule has 0 atom stereocenters. The van der Waals surface area contributed by atoms with Gasteiger partial charge in [-0.05, 0) is 6.92 Å². The number of nitrogens with two attached hydrogens (primary N) is 1. The molecule has 7 nitrogen and oxygen atoms in total. The van der Waals surface area contributed by atoms with Gasteiger partial charge in [-0.15, -0.1) is 0 Å². The minimum absolute atomic E-state index is 0.245. The summed E-state index contributed by atoms with van der Waals surface area (Å²) in [7, 11) is 0. The molecule has 102 valence electrons. The van der Waals surface area contributed by atoms with Crippen molar-refractivity contribution in [2.75, 3.05) is 5.73 Å². The van der Waals surface area contributed by atoms with E-state index in [0.29, 0.717) is 0 Å². The number of anilines is 1. The van der Waals surface area contributed by atoms with E-state index in [-0.39, 0.29) is 11.9 Å². The van der Waals surface area contributed by atoms with Crippen LogP contribution in [0.25, 0.3) is 16.9 Å². The molecule has 3 heterocycles. The van der Waals surface area contributed by atoms with Gasteiger partial charge in [0.05, 0.1) is 17.6 Å². The summed E-state index contributed by atoms with van der Waals surface area (Å²) in [4.78, 5) is 17.0. The van der Waals surface area contributed by atoms with E-state index >= 15 is 0 Å². The third-order valence-corrected chi connectivity index (χ3v) is 2.99. The summed E-state index contributed by atoms with van der Waals surface area (Å²) in [6, 6.07) is 0. The van der Waals surface area contributed by atoms with E-state index in [1.54, 1.807) is 16.9 Å². The first-order valence-corrected chi connectivity index (χ1v) is 6.36. The summed E-state index contributed by atoms with van der Waals surface area (Å²) in [5.74, 6) is 1.33. The second-order valence-electron chi connectivity index (χ2n) is 4.93. The van der Waals surface area contributed by atoms with Crippen molar-refractivity contribution in [1.29, 1.82) is 0 Å². The Morgan fingerprint density at radius 2 is 1.85 bits per heavy atom. The van der Waals surface area contributed by atoms with Crippen molar-refractivity contribution in [3.8, 4) is 11.3 Å². The van der Waals surface area contributed by atoms with Gasteiger partial charge in [0.2, 0.25) is 5.95 Å². The fourth-order valence-electron chi connectivity index (χ4n) is 1.91. The maximum absolute atomic E-state index is 5.49. The van der Waals surface area contributed by atoms with Crippen LogP contribution >= 0.6 is 0 Å². The van der Waals surface area contributed by atoms with Crippen LogP contribution in [0, 0.1) is 6.92 Å². The first-order valence-electron chi connectivity index (χ1n) is 6.36. The fraction of sp³-hybridized carbons (Fsp3) is 0.308. The van der Waals surface area contributed by atoms with Gasteiger partial charge in [0.25, 0.3) is 0 Å². The average molecular weight is 269 g/mol. The van der Waals surface area contributed by atoms with Gasteiger partial charge in [0.1, 0.15) is 0 Å². The highest BCUT2D eigenvalue weighted by Crippen LogP contribution is 2.19. The molecule has 0 saturated heterocycles. The fourth-order valence-corrected chi connectivity index (χ4v) is 1.91. The van der Waals surface area contributed by atoms with E-state index < -0.39 is 0 Å². The maximum Gasteiger partial charge on any atom is 0.219 e. The number of aromatic nitrogens is 6. The second-order valence-corrected chi connectivity index (χ2v) is 4.93. The lowest BCUT2D eigenvalue weighted by Gasteiger charge is -2.03. The Balaban J connectivity index is 2.15. The molecule has 0 amide bonds. The molecule has 0 aliphatic heterocycles. The molecule has 3 aromatic heterocycles. The van der Waals surface area contributed by atoms with E-state index in [4.69, 9.17) is 5.73 Å². The molecule has 0 fully saturated rings. The van der Waals surface area contributed by atoms with Gasteiger partial charge >= 0.3 is 0 Å². The summed E-state index contributed by atoms with van der Waals surface area (Å²) in [5, 5.41) is 4.48.